The minimum atomic E-state index is -1.14. The van der Waals surface area contributed by atoms with Gasteiger partial charge in [0.1, 0.15) is 5.75 Å². The lowest BCUT2D eigenvalue weighted by Crippen LogP contribution is -2.16. The highest BCUT2D eigenvalue weighted by atomic mass is 79.9. The second-order valence-electron chi connectivity index (χ2n) is 4.52. The van der Waals surface area contributed by atoms with Crippen molar-refractivity contribution in [1.82, 2.24) is 0 Å². The van der Waals surface area contributed by atoms with E-state index in [0.29, 0.717) is 21.9 Å². The highest BCUT2D eigenvalue weighted by Crippen LogP contribution is 2.26. The van der Waals surface area contributed by atoms with Gasteiger partial charge in [-0.3, -0.25) is 4.79 Å². The maximum absolute atomic E-state index is 12.5. The van der Waals surface area contributed by atoms with E-state index in [4.69, 9.17) is 16.3 Å². The summed E-state index contributed by atoms with van der Waals surface area (Å²) in [6, 6.07) is 9.26. The summed E-state index contributed by atoms with van der Waals surface area (Å²) in [6.45, 7) is 2.19. The van der Waals surface area contributed by atoms with Crippen molar-refractivity contribution in [3.63, 3.8) is 0 Å². The maximum Gasteiger partial charge on any atom is 0.337 e. The fourth-order valence-corrected chi connectivity index (χ4v) is 2.49. The number of ether oxygens (including phenoxy) is 1. The molecule has 0 radical (unpaired) electrons. The largest absolute Gasteiger partial charge is 0.493 e. The van der Waals surface area contributed by atoms with Crippen LogP contribution in [-0.2, 0) is 0 Å². The number of amides is 1. The summed E-state index contributed by atoms with van der Waals surface area (Å²) < 4.78 is 6.01. The van der Waals surface area contributed by atoms with Crippen molar-refractivity contribution in [2.24, 2.45) is 0 Å². The van der Waals surface area contributed by atoms with E-state index in [0.717, 1.165) is 0 Å². The lowest BCUT2D eigenvalue weighted by molar-refractivity contribution is 0.0698. The lowest BCUT2D eigenvalue weighted by atomic mass is 10.1. The van der Waals surface area contributed by atoms with Gasteiger partial charge in [-0.2, -0.15) is 0 Å². The number of halogens is 2. The molecule has 2 rings (SSSR count). The molecule has 0 saturated heterocycles. The van der Waals surface area contributed by atoms with Crippen LogP contribution in [0.2, 0.25) is 5.02 Å². The first kappa shape index (κ1) is 17.3. The van der Waals surface area contributed by atoms with Crippen LogP contribution in [0.1, 0.15) is 27.6 Å². The van der Waals surface area contributed by atoms with Crippen molar-refractivity contribution in [1.29, 1.82) is 0 Å². The average molecular weight is 399 g/mol. The number of rotatable bonds is 5. The van der Waals surface area contributed by atoms with Gasteiger partial charge in [0.05, 0.1) is 23.4 Å². The Morgan fingerprint density at radius 2 is 1.96 bits per heavy atom. The molecule has 5 nitrogen and oxygen atoms in total. The smallest absolute Gasteiger partial charge is 0.337 e. The van der Waals surface area contributed by atoms with Crippen molar-refractivity contribution < 1.29 is 19.4 Å². The number of hydrogen-bond donors (Lipinski definition) is 2. The topological polar surface area (TPSA) is 75.6 Å². The Labute approximate surface area is 146 Å². The molecule has 0 saturated carbocycles. The maximum atomic E-state index is 12.5. The molecule has 2 N–H and O–H groups in total. The Balaban J connectivity index is 2.37. The van der Waals surface area contributed by atoms with E-state index in [2.05, 4.69) is 21.2 Å². The number of carbonyl (C=O) groups is 2. The van der Waals surface area contributed by atoms with Gasteiger partial charge in [0.15, 0.2) is 0 Å². The van der Waals surface area contributed by atoms with Crippen LogP contribution in [0.15, 0.2) is 40.9 Å². The van der Waals surface area contributed by atoms with E-state index in [1.807, 2.05) is 0 Å². The normalized spacial score (nSPS) is 10.2. The van der Waals surface area contributed by atoms with Gasteiger partial charge >= 0.3 is 5.97 Å². The second-order valence-corrected chi connectivity index (χ2v) is 5.87. The highest BCUT2D eigenvalue weighted by molar-refractivity contribution is 9.10. The Hall–Kier alpha value is -2.05. The molecule has 0 bridgehead atoms. The summed E-state index contributed by atoms with van der Waals surface area (Å²) in [6.07, 6.45) is 0. The number of nitrogens with one attached hydrogen (secondary N) is 1. The van der Waals surface area contributed by atoms with Crippen molar-refractivity contribution >= 4 is 45.1 Å². The molecule has 1 amide bonds. The molecule has 7 heteroatoms. The summed E-state index contributed by atoms with van der Waals surface area (Å²) >= 11 is 9.13. The van der Waals surface area contributed by atoms with Crippen molar-refractivity contribution in [2.45, 2.75) is 6.92 Å². The molecule has 2 aromatic carbocycles. The Morgan fingerprint density at radius 1 is 1.22 bits per heavy atom. The first-order chi connectivity index (χ1) is 10.9. The average Bonchev–Trinajstić information content (AvgIpc) is 2.50. The zero-order valence-corrected chi connectivity index (χ0v) is 14.4. The van der Waals surface area contributed by atoms with Crippen LogP contribution in [0.25, 0.3) is 0 Å². The molecule has 0 aliphatic carbocycles. The number of hydrogen-bond acceptors (Lipinski definition) is 3. The van der Waals surface area contributed by atoms with Gasteiger partial charge < -0.3 is 15.2 Å². The fourth-order valence-electron chi connectivity index (χ4n) is 1.95. The van der Waals surface area contributed by atoms with Crippen LogP contribution in [0, 0.1) is 0 Å². The third-order valence-electron chi connectivity index (χ3n) is 2.95. The van der Waals surface area contributed by atoms with Gasteiger partial charge in [-0.25, -0.2) is 4.79 Å². The molecule has 0 aliphatic heterocycles. The summed E-state index contributed by atoms with van der Waals surface area (Å²) in [4.78, 5) is 23.8. The Kier molecular flexibility index (Phi) is 5.63. The monoisotopic (exact) mass is 397 g/mol. The van der Waals surface area contributed by atoms with Gasteiger partial charge in [0.2, 0.25) is 0 Å². The molecule has 0 heterocycles. The molecule has 0 aromatic heterocycles. The number of aromatic carboxylic acids is 1. The zero-order valence-electron chi connectivity index (χ0n) is 12.1. The minimum Gasteiger partial charge on any atom is -0.493 e. The van der Waals surface area contributed by atoms with Crippen LogP contribution >= 0.6 is 27.5 Å². The summed E-state index contributed by atoms with van der Waals surface area (Å²) in [5, 5.41) is 12.2. The first-order valence-electron chi connectivity index (χ1n) is 6.69. The van der Waals surface area contributed by atoms with Gasteiger partial charge in [-0.15, -0.1) is 0 Å². The van der Waals surface area contributed by atoms with Crippen LogP contribution in [0.5, 0.6) is 5.75 Å². The summed E-state index contributed by atoms with van der Waals surface area (Å²) in [5.41, 5.74) is 0.402. The van der Waals surface area contributed by atoms with E-state index in [9.17, 15) is 14.7 Å². The summed E-state index contributed by atoms with van der Waals surface area (Å²) in [7, 11) is 0. The predicted octanol–water partition coefficient (Wildman–Crippen LogP) is 4.45. The molecule has 0 spiro atoms. The molecular weight excluding hydrogens is 386 g/mol. The van der Waals surface area contributed by atoms with Crippen LogP contribution in [0.4, 0.5) is 5.69 Å². The molecule has 0 unspecified atom stereocenters. The van der Waals surface area contributed by atoms with Gasteiger partial charge in [-0.05, 0) is 43.3 Å². The van der Waals surface area contributed by atoms with E-state index in [1.54, 1.807) is 25.1 Å². The second kappa shape index (κ2) is 7.48. The van der Waals surface area contributed by atoms with E-state index in [1.165, 1.54) is 18.2 Å². The predicted molar refractivity (Wildman–Crippen MR) is 91.7 cm³/mol. The number of benzene rings is 2. The molecule has 120 valence electrons. The van der Waals surface area contributed by atoms with Gasteiger partial charge in [0.25, 0.3) is 5.91 Å². The van der Waals surface area contributed by atoms with Gasteiger partial charge in [0, 0.05) is 9.50 Å². The zero-order chi connectivity index (χ0) is 17.0. The van der Waals surface area contributed by atoms with Gasteiger partial charge in [-0.1, -0.05) is 27.5 Å². The molecule has 0 fully saturated rings. The fraction of sp³-hybridized carbons (Fsp3) is 0.125. The highest BCUT2D eigenvalue weighted by Gasteiger charge is 2.17. The quantitative estimate of drug-likeness (QED) is 0.780. The number of carboxylic acid groups (broad SMARTS) is 1. The number of carboxylic acids is 1. The molecule has 23 heavy (non-hydrogen) atoms. The number of carbonyl (C=O) groups excluding carboxylic acids is 1. The SMILES string of the molecule is CCOc1ccc(Cl)cc1C(=O)Nc1ccc(Br)cc1C(=O)O. The van der Waals surface area contributed by atoms with Crippen molar-refractivity contribution in [2.75, 3.05) is 11.9 Å². The Bertz CT molecular complexity index is 764. The number of anilines is 1. The van der Waals surface area contributed by atoms with E-state index in [-0.39, 0.29) is 16.8 Å². The van der Waals surface area contributed by atoms with Crippen LogP contribution in [0.3, 0.4) is 0 Å². The third-order valence-corrected chi connectivity index (χ3v) is 3.67. The molecular formula is C16H13BrClNO4. The Morgan fingerprint density at radius 3 is 2.61 bits per heavy atom. The van der Waals surface area contributed by atoms with Crippen molar-refractivity contribution in [3.05, 3.63) is 57.0 Å². The van der Waals surface area contributed by atoms with Crippen molar-refractivity contribution in [3.8, 4) is 5.75 Å². The van der Waals surface area contributed by atoms with E-state index < -0.39 is 11.9 Å². The summed E-state index contributed by atoms with van der Waals surface area (Å²) in [5.74, 6) is -1.26. The lowest BCUT2D eigenvalue weighted by Gasteiger charge is -2.12. The first-order valence-corrected chi connectivity index (χ1v) is 7.86. The van der Waals surface area contributed by atoms with E-state index >= 15 is 0 Å². The molecule has 0 aliphatic rings. The van der Waals surface area contributed by atoms with Crippen LogP contribution in [-0.4, -0.2) is 23.6 Å². The molecule has 0 atom stereocenters. The minimum absolute atomic E-state index is 0.0206. The standard InChI is InChI=1S/C16H13BrClNO4/c1-2-23-14-6-4-10(18)8-12(14)15(20)19-13-5-3-9(17)7-11(13)16(21)22/h3-8H,2H2,1H3,(H,19,20)(H,21,22). The third kappa shape index (κ3) is 4.24. The van der Waals surface area contributed by atoms with Crippen LogP contribution < -0.4 is 10.1 Å². The molecule has 2 aromatic rings.